The van der Waals surface area contributed by atoms with Crippen molar-refractivity contribution in [2.24, 2.45) is 11.8 Å². The Morgan fingerprint density at radius 1 is 1.21 bits per heavy atom. The number of carboxylic acid groups (broad SMARTS) is 1. The number of aliphatic carboxylic acids is 1. The molecule has 1 amide bonds. The highest BCUT2D eigenvalue weighted by atomic mass is 16.4. The normalized spacial score (nSPS) is 23.7. The Balaban J connectivity index is 2.52. The van der Waals surface area contributed by atoms with E-state index in [9.17, 15) is 9.59 Å². The quantitative estimate of drug-likeness (QED) is 0.790. The van der Waals surface area contributed by atoms with Crippen molar-refractivity contribution in [1.29, 1.82) is 0 Å². The molecule has 1 aliphatic heterocycles. The lowest BCUT2D eigenvalue weighted by atomic mass is 9.92. The number of rotatable bonds is 6. The molecule has 110 valence electrons. The van der Waals surface area contributed by atoms with Crippen LogP contribution in [0.1, 0.15) is 33.6 Å². The van der Waals surface area contributed by atoms with Gasteiger partial charge in [0.1, 0.15) is 0 Å². The van der Waals surface area contributed by atoms with Gasteiger partial charge in [0.15, 0.2) is 0 Å². The third-order valence-electron chi connectivity index (χ3n) is 3.48. The largest absolute Gasteiger partial charge is 0.480 e. The summed E-state index contributed by atoms with van der Waals surface area (Å²) in [5, 5.41) is 8.85. The van der Waals surface area contributed by atoms with Crippen molar-refractivity contribution in [3.8, 4) is 0 Å². The van der Waals surface area contributed by atoms with Crippen LogP contribution in [-0.4, -0.2) is 59.5 Å². The maximum atomic E-state index is 12.2. The molecule has 0 aromatic rings. The Labute approximate surface area is 115 Å². The first-order chi connectivity index (χ1) is 8.92. The van der Waals surface area contributed by atoms with E-state index in [4.69, 9.17) is 5.11 Å². The lowest BCUT2D eigenvalue weighted by Crippen LogP contribution is -2.47. The minimum Gasteiger partial charge on any atom is -0.480 e. The molecule has 0 spiro atoms. The predicted octanol–water partition coefficient (Wildman–Crippen LogP) is 1.29. The molecule has 0 aromatic heterocycles. The van der Waals surface area contributed by atoms with Gasteiger partial charge in [0.2, 0.25) is 5.91 Å². The van der Waals surface area contributed by atoms with Crippen LogP contribution in [0.15, 0.2) is 0 Å². The average Bonchev–Trinajstić information content (AvgIpc) is 2.26. The van der Waals surface area contributed by atoms with Crippen LogP contribution in [0.5, 0.6) is 0 Å². The molecule has 0 aromatic carbocycles. The second kappa shape index (κ2) is 7.48. The summed E-state index contributed by atoms with van der Waals surface area (Å²) in [6, 6.07) is 0. The maximum absolute atomic E-state index is 12.2. The van der Waals surface area contributed by atoms with Gasteiger partial charge in [0, 0.05) is 13.1 Å². The van der Waals surface area contributed by atoms with Gasteiger partial charge in [-0.1, -0.05) is 20.8 Å². The fraction of sp³-hybridized carbons (Fsp3) is 0.857. The summed E-state index contributed by atoms with van der Waals surface area (Å²) in [4.78, 5) is 26.6. The lowest BCUT2D eigenvalue weighted by molar-refractivity contribution is -0.140. The SMILES string of the molecule is CCCN(CC(=O)O)CC(=O)N1C[C@@H](C)C[C@H](C)C1. The molecule has 1 heterocycles. The van der Waals surface area contributed by atoms with Crippen molar-refractivity contribution in [3.05, 3.63) is 0 Å². The van der Waals surface area contributed by atoms with E-state index in [0.29, 0.717) is 18.4 Å². The summed E-state index contributed by atoms with van der Waals surface area (Å²) >= 11 is 0. The highest BCUT2D eigenvalue weighted by Crippen LogP contribution is 2.21. The Kier molecular flexibility index (Phi) is 6.28. The molecule has 0 unspecified atom stereocenters. The van der Waals surface area contributed by atoms with Gasteiger partial charge in [-0.15, -0.1) is 0 Å². The molecule has 1 saturated heterocycles. The molecule has 2 atom stereocenters. The standard InChI is InChI=1S/C14H26N2O3/c1-4-5-15(10-14(18)19)9-13(17)16-7-11(2)6-12(3)8-16/h11-12H,4-10H2,1-3H3,(H,18,19)/t11-,12-/m0/s1. The van der Waals surface area contributed by atoms with Crippen molar-refractivity contribution in [1.82, 2.24) is 9.80 Å². The number of hydrogen-bond acceptors (Lipinski definition) is 3. The number of piperidine rings is 1. The van der Waals surface area contributed by atoms with Gasteiger partial charge in [0.25, 0.3) is 0 Å². The van der Waals surface area contributed by atoms with Crippen LogP contribution >= 0.6 is 0 Å². The van der Waals surface area contributed by atoms with E-state index in [1.165, 1.54) is 0 Å². The number of hydrogen-bond donors (Lipinski definition) is 1. The van der Waals surface area contributed by atoms with Gasteiger partial charge in [-0.25, -0.2) is 0 Å². The van der Waals surface area contributed by atoms with E-state index in [2.05, 4.69) is 13.8 Å². The van der Waals surface area contributed by atoms with Crippen LogP contribution in [-0.2, 0) is 9.59 Å². The Bertz CT molecular complexity index is 310. The first-order valence-electron chi connectivity index (χ1n) is 7.14. The van der Waals surface area contributed by atoms with E-state index in [1.54, 1.807) is 4.90 Å². The monoisotopic (exact) mass is 270 g/mol. The molecule has 1 N–H and O–H groups in total. The maximum Gasteiger partial charge on any atom is 0.317 e. The topological polar surface area (TPSA) is 60.9 Å². The van der Waals surface area contributed by atoms with Crippen molar-refractivity contribution < 1.29 is 14.7 Å². The van der Waals surface area contributed by atoms with E-state index in [-0.39, 0.29) is 19.0 Å². The zero-order valence-corrected chi connectivity index (χ0v) is 12.3. The molecule has 0 radical (unpaired) electrons. The number of nitrogens with zero attached hydrogens (tertiary/aromatic N) is 2. The third kappa shape index (κ3) is 5.59. The van der Waals surface area contributed by atoms with Gasteiger partial charge in [-0.3, -0.25) is 14.5 Å². The number of carbonyl (C=O) groups excluding carboxylic acids is 1. The third-order valence-corrected chi connectivity index (χ3v) is 3.48. The lowest BCUT2D eigenvalue weighted by Gasteiger charge is -2.36. The molecule has 1 fully saturated rings. The number of amides is 1. The van der Waals surface area contributed by atoms with Crippen LogP contribution in [0.2, 0.25) is 0 Å². The molecule has 0 bridgehead atoms. The van der Waals surface area contributed by atoms with Crippen LogP contribution in [0.4, 0.5) is 0 Å². The second-order valence-electron chi connectivity index (χ2n) is 5.85. The van der Waals surface area contributed by atoms with E-state index < -0.39 is 5.97 Å². The molecular formula is C14H26N2O3. The molecule has 0 aliphatic carbocycles. The Morgan fingerprint density at radius 3 is 2.26 bits per heavy atom. The summed E-state index contributed by atoms with van der Waals surface area (Å²) in [5.41, 5.74) is 0. The van der Waals surface area contributed by atoms with Gasteiger partial charge in [-0.2, -0.15) is 0 Å². The van der Waals surface area contributed by atoms with Gasteiger partial charge < -0.3 is 10.0 Å². The van der Waals surface area contributed by atoms with Crippen molar-refractivity contribution in [2.75, 3.05) is 32.7 Å². The Morgan fingerprint density at radius 2 is 1.79 bits per heavy atom. The molecule has 1 rings (SSSR count). The van der Waals surface area contributed by atoms with Gasteiger partial charge >= 0.3 is 5.97 Å². The highest BCUT2D eigenvalue weighted by molar-refractivity contribution is 5.79. The van der Waals surface area contributed by atoms with Gasteiger partial charge in [0.05, 0.1) is 13.1 Å². The zero-order chi connectivity index (χ0) is 14.4. The Hall–Kier alpha value is -1.10. The summed E-state index contributed by atoms with van der Waals surface area (Å²) < 4.78 is 0. The summed E-state index contributed by atoms with van der Waals surface area (Å²) in [5.74, 6) is 0.258. The fourth-order valence-electron chi connectivity index (χ4n) is 2.88. The van der Waals surface area contributed by atoms with Crippen LogP contribution in [0, 0.1) is 11.8 Å². The summed E-state index contributed by atoms with van der Waals surface area (Å²) in [6.07, 6.45) is 2.02. The molecule has 1 aliphatic rings. The predicted molar refractivity (Wildman–Crippen MR) is 73.9 cm³/mol. The van der Waals surface area contributed by atoms with E-state index in [1.807, 2.05) is 11.8 Å². The van der Waals surface area contributed by atoms with Crippen molar-refractivity contribution in [2.45, 2.75) is 33.6 Å². The molecule has 5 nitrogen and oxygen atoms in total. The minimum absolute atomic E-state index is 0.0570. The van der Waals surface area contributed by atoms with Crippen LogP contribution in [0.3, 0.4) is 0 Å². The van der Waals surface area contributed by atoms with Crippen LogP contribution < -0.4 is 0 Å². The smallest absolute Gasteiger partial charge is 0.317 e. The summed E-state index contributed by atoms with van der Waals surface area (Å²) in [7, 11) is 0. The first-order valence-corrected chi connectivity index (χ1v) is 7.14. The molecule has 5 heteroatoms. The molecular weight excluding hydrogens is 244 g/mol. The van der Waals surface area contributed by atoms with Crippen molar-refractivity contribution >= 4 is 11.9 Å². The highest BCUT2D eigenvalue weighted by Gasteiger charge is 2.26. The second-order valence-corrected chi connectivity index (χ2v) is 5.85. The first kappa shape index (κ1) is 16.0. The number of carboxylic acids is 1. The molecule has 19 heavy (non-hydrogen) atoms. The fourth-order valence-corrected chi connectivity index (χ4v) is 2.88. The van der Waals surface area contributed by atoms with Gasteiger partial charge in [-0.05, 0) is 31.2 Å². The molecule has 0 saturated carbocycles. The van der Waals surface area contributed by atoms with Crippen molar-refractivity contribution in [3.63, 3.8) is 0 Å². The van der Waals surface area contributed by atoms with E-state index >= 15 is 0 Å². The summed E-state index contributed by atoms with van der Waals surface area (Å²) in [6.45, 7) is 8.74. The number of carbonyl (C=O) groups is 2. The number of likely N-dealkylation sites (tertiary alicyclic amines) is 1. The zero-order valence-electron chi connectivity index (χ0n) is 12.3. The average molecular weight is 270 g/mol. The van der Waals surface area contributed by atoms with E-state index in [0.717, 1.165) is 25.9 Å². The van der Waals surface area contributed by atoms with Crippen LogP contribution in [0.25, 0.3) is 0 Å². The minimum atomic E-state index is -0.873.